The Labute approximate surface area is 107 Å². The number of alkyl halides is 2. The average molecular weight is 276 g/mol. The third kappa shape index (κ3) is 4.32. The van der Waals surface area contributed by atoms with Crippen molar-refractivity contribution >= 4 is 11.9 Å². The van der Waals surface area contributed by atoms with Gasteiger partial charge in [-0.25, -0.2) is 13.6 Å². The molecule has 6 nitrogen and oxygen atoms in total. The summed E-state index contributed by atoms with van der Waals surface area (Å²) in [6, 6.07) is 1.47. The molecule has 1 heterocycles. The summed E-state index contributed by atoms with van der Waals surface area (Å²) in [6.07, 6.45) is -1.47. The Balaban J connectivity index is 2.77. The minimum Gasteiger partial charge on any atom is -0.480 e. The normalized spacial score (nSPS) is 12.4. The number of hydrogen-bond donors (Lipinski definition) is 3. The van der Waals surface area contributed by atoms with Gasteiger partial charge in [-0.1, -0.05) is 0 Å². The van der Waals surface area contributed by atoms with Crippen molar-refractivity contribution in [1.29, 1.82) is 0 Å². The number of nitrogens with one attached hydrogen (secondary N) is 1. The van der Waals surface area contributed by atoms with Gasteiger partial charge >= 0.3 is 5.97 Å². The Morgan fingerprint density at radius 2 is 2.11 bits per heavy atom. The molecular weight excluding hydrogens is 262 g/mol. The molecule has 0 spiro atoms. The second kappa shape index (κ2) is 6.83. The van der Waals surface area contributed by atoms with Crippen molar-refractivity contribution in [3.8, 4) is 0 Å². The molecule has 0 aliphatic carbocycles. The molecule has 0 radical (unpaired) electrons. The number of carbonyl (C=O) groups excluding carboxylic acids is 1. The number of amides is 1. The fraction of sp³-hybridized carbons (Fsp3) is 0.455. The van der Waals surface area contributed by atoms with E-state index >= 15 is 0 Å². The largest absolute Gasteiger partial charge is 0.480 e. The summed E-state index contributed by atoms with van der Waals surface area (Å²) in [7, 11) is 0. The predicted octanol–water partition coefficient (Wildman–Crippen LogP) is 0.319. The lowest BCUT2D eigenvalue weighted by Gasteiger charge is -2.14. The van der Waals surface area contributed by atoms with Crippen molar-refractivity contribution < 1.29 is 28.6 Å². The van der Waals surface area contributed by atoms with Crippen LogP contribution in [0, 0.1) is 0 Å². The summed E-state index contributed by atoms with van der Waals surface area (Å²) in [5.41, 5.74) is -0.0514. The van der Waals surface area contributed by atoms with Crippen molar-refractivity contribution in [1.82, 2.24) is 9.88 Å². The van der Waals surface area contributed by atoms with Crippen LogP contribution in [-0.4, -0.2) is 45.7 Å². The number of aliphatic hydroxyl groups is 1. The lowest BCUT2D eigenvalue weighted by Crippen LogP contribution is -2.42. The van der Waals surface area contributed by atoms with Gasteiger partial charge in [0.15, 0.2) is 0 Å². The molecule has 0 aromatic carbocycles. The highest BCUT2D eigenvalue weighted by molar-refractivity contribution is 5.95. The molecule has 1 atom stereocenters. The van der Waals surface area contributed by atoms with Crippen molar-refractivity contribution in [2.24, 2.45) is 0 Å². The maximum Gasteiger partial charge on any atom is 0.326 e. The van der Waals surface area contributed by atoms with E-state index in [4.69, 9.17) is 10.2 Å². The van der Waals surface area contributed by atoms with E-state index in [0.29, 0.717) is 0 Å². The Bertz CT molecular complexity index is 448. The fourth-order valence-corrected chi connectivity index (χ4v) is 1.55. The number of aliphatic hydroxyl groups excluding tert-OH is 1. The molecular formula is C11H14F2N2O4. The van der Waals surface area contributed by atoms with Crippen LogP contribution in [0.2, 0.25) is 0 Å². The first kappa shape index (κ1) is 15.1. The smallest absolute Gasteiger partial charge is 0.326 e. The van der Waals surface area contributed by atoms with E-state index in [1.165, 1.54) is 18.3 Å². The molecule has 3 N–H and O–H groups in total. The monoisotopic (exact) mass is 276 g/mol. The van der Waals surface area contributed by atoms with Crippen LogP contribution in [0.4, 0.5) is 8.78 Å². The molecule has 1 aromatic rings. The van der Waals surface area contributed by atoms with Gasteiger partial charge in [0, 0.05) is 19.2 Å². The molecule has 0 saturated carbocycles. The number of rotatable bonds is 7. The van der Waals surface area contributed by atoms with Gasteiger partial charge in [-0.05, 0) is 12.1 Å². The van der Waals surface area contributed by atoms with Crippen molar-refractivity contribution in [2.75, 3.05) is 6.61 Å². The Hall–Kier alpha value is -1.96. The van der Waals surface area contributed by atoms with E-state index in [2.05, 4.69) is 5.32 Å². The number of carboxylic acids is 1. The summed E-state index contributed by atoms with van der Waals surface area (Å²) in [5, 5.41) is 19.7. The summed E-state index contributed by atoms with van der Waals surface area (Å²) >= 11 is 0. The van der Waals surface area contributed by atoms with E-state index in [0.717, 1.165) is 4.57 Å². The van der Waals surface area contributed by atoms with Gasteiger partial charge in [0.25, 0.3) is 12.3 Å². The molecule has 19 heavy (non-hydrogen) atoms. The van der Waals surface area contributed by atoms with Gasteiger partial charge in [0.05, 0.1) is 6.54 Å². The number of hydrogen-bond acceptors (Lipinski definition) is 3. The van der Waals surface area contributed by atoms with Gasteiger partial charge in [-0.3, -0.25) is 4.79 Å². The summed E-state index contributed by atoms with van der Waals surface area (Å²) < 4.78 is 25.6. The second-order valence-electron chi connectivity index (χ2n) is 3.81. The van der Waals surface area contributed by atoms with Crippen LogP contribution in [0.25, 0.3) is 0 Å². The Morgan fingerprint density at radius 1 is 1.42 bits per heavy atom. The minimum atomic E-state index is -2.62. The molecule has 8 heteroatoms. The maximum atomic E-state index is 12.3. The highest BCUT2D eigenvalue weighted by Gasteiger charge is 2.22. The quantitative estimate of drug-likeness (QED) is 0.668. The van der Waals surface area contributed by atoms with E-state index in [9.17, 15) is 18.4 Å². The number of carbonyl (C=O) groups is 2. The van der Waals surface area contributed by atoms with Crippen LogP contribution in [0.15, 0.2) is 18.3 Å². The average Bonchev–Trinajstić information content (AvgIpc) is 2.75. The second-order valence-corrected chi connectivity index (χ2v) is 3.81. The zero-order valence-electron chi connectivity index (χ0n) is 9.92. The van der Waals surface area contributed by atoms with Gasteiger partial charge in [-0.15, -0.1) is 0 Å². The SMILES string of the molecule is O=C(N[C@@H](CCO)C(=O)O)c1cccn1CC(F)F. The first-order valence-corrected chi connectivity index (χ1v) is 5.53. The molecule has 1 aromatic heterocycles. The third-order valence-corrected chi connectivity index (χ3v) is 2.42. The van der Waals surface area contributed by atoms with Crippen molar-refractivity contribution in [2.45, 2.75) is 25.4 Å². The lowest BCUT2D eigenvalue weighted by molar-refractivity contribution is -0.139. The number of halogens is 2. The molecule has 0 aliphatic heterocycles. The number of aromatic nitrogens is 1. The molecule has 0 aliphatic rings. The molecule has 106 valence electrons. The molecule has 1 rings (SSSR count). The van der Waals surface area contributed by atoms with E-state index in [1.54, 1.807) is 0 Å². The van der Waals surface area contributed by atoms with Crippen molar-refractivity contribution in [3.63, 3.8) is 0 Å². The Morgan fingerprint density at radius 3 is 2.63 bits per heavy atom. The first-order chi connectivity index (χ1) is 8.95. The highest BCUT2D eigenvalue weighted by Crippen LogP contribution is 2.07. The van der Waals surface area contributed by atoms with Gasteiger partial charge in [-0.2, -0.15) is 0 Å². The lowest BCUT2D eigenvalue weighted by atomic mass is 10.2. The van der Waals surface area contributed by atoms with Crippen molar-refractivity contribution in [3.05, 3.63) is 24.0 Å². The van der Waals surface area contributed by atoms with Gasteiger partial charge in [0.2, 0.25) is 0 Å². The number of carboxylic acid groups (broad SMARTS) is 1. The number of aliphatic carboxylic acids is 1. The van der Waals surface area contributed by atoms with Crippen LogP contribution in [-0.2, 0) is 11.3 Å². The topological polar surface area (TPSA) is 91.6 Å². The summed E-state index contributed by atoms with van der Waals surface area (Å²) in [5.74, 6) is -2.07. The number of nitrogens with zero attached hydrogens (tertiary/aromatic N) is 1. The van der Waals surface area contributed by atoms with Crippen LogP contribution in [0.5, 0.6) is 0 Å². The minimum absolute atomic E-state index is 0.0514. The molecule has 1 amide bonds. The third-order valence-electron chi connectivity index (χ3n) is 2.42. The first-order valence-electron chi connectivity index (χ1n) is 5.53. The zero-order valence-corrected chi connectivity index (χ0v) is 9.92. The molecule has 0 unspecified atom stereocenters. The van der Waals surface area contributed by atoms with Crippen LogP contribution < -0.4 is 5.32 Å². The maximum absolute atomic E-state index is 12.3. The van der Waals surface area contributed by atoms with Gasteiger partial charge < -0.3 is 20.1 Å². The summed E-state index contributed by atoms with van der Waals surface area (Å²) in [4.78, 5) is 22.6. The fourth-order valence-electron chi connectivity index (χ4n) is 1.55. The molecule has 0 bridgehead atoms. The van der Waals surface area contributed by atoms with Crippen LogP contribution >= 0.6 is 0 Å². The molecule has 0 fully saturated rings. The van der Waals surface area contributed by atoms with E-state index < -0.39 is 37.5 Å². The van der Waals surface area contributed by atoms with Crippen LogP contribution in [0.1, 0.15) is 16.9 Å². The van der Waals surface area contributed by atoms with E-state index in [-0.39, 0.29) is 12.1 Å². The Kier molecular flexibility index (Phi) is 5.43. The molecule has 0 saturated heterocycles. The zero-order chi connectivity index (χ0) is 14.4. The predicted molar refractivity (Wildman–Crippen MR) is 61.0 cm³/mol. The van der Waals surface area contributed by atoms with E-state index in [1.807, 2.05) is 0 Å². The standard InChI is InChI=1S/C11H14F2N2O4/c12-9(13)6-15-4-1-2-8(15)10(17)14-7(3-5-16)11(18)19/h1-2,4,7,9,16H,3,5-6H2,(H,14,17)(H,18,19)/t7-/m0/s1. The summed E-state index contributed by atoms with van der Waals surface area (Å²) in [6.45, 7) is -1.05. The van der Waals surface area contributed by atoms with Gasteiger partial charge in [0.1, 0.15) is 11.7 Å². The van der Waals surface area contributed by atoms with Crippen LogP contribution in [0.3, 0.4) is 0 Å². The highest BCUT2D eigenvalue weighted by atomic mass is 19.3.